The van der Waals surface area contributed by atoms with E-state index in [0.717, 1.165) is 24.9 Å². The Morgan fingerprint density at radius 1 is 1.09 bits per heavy atom. The van der Waals surface area contributed by atoms with Gasteiger partial charge in [-0.1, -0.05) is 6.07 Å². The summed E-state index contributed by atoms with van der Waals surface area (Å²) in [4.78, 5) is 28.3. The van der Waals surface area contributed by atoms with Crippen molar-refractivity contribution < 1.29 is 9.59 Å². The van der Waals surface area contributed by atoms with Gasteiger partial charge in [-0.15, -0.1) is 0 Å². The summed E-state index contributed by atoms with van der Waals surface area (Å²) in [6, 6.07) is 6.07. The number of amides is 2. The number of primary amides is 1. The molecule has 0 saturated carbocycles. The largest absolute Gasteiger partial charge is 0.369 e. The first kappa shape index (κ1) is 16.0. The van der Waals surface area contributed by atoms with Gasteiger partial charge in [-0.2, -0.15) is 0 Å². The molecular formula is C18H25N3O2. The number of aryl methyl sites for hydroxylation is 2. The second-order valence-electron chi connectivity index (χ2n) is 6.80. The summed E-state index contributed by atoms with van der Waals surface area (Å²) in [5, 5.41) is 0. The van der Waals surface area contributed by atoms with E-state index in [0.29, 0.717) is 19.6 Å². The minimum absolute atomic E-state index is 0.0138. The number of carbonyl (C=O) groups is 2. The highest BCUT2D eigenvalue weighted by atomic mass is 16.2. The molecule has 124 valence electrons. The summed E-state index contributed by atoms with van der Waals surface area (Å²) in [5.41, 5.74) is 8.90. The van der Waals surface area contributed by atoms with Crippen LogP contribution < -0.4 is 5.73 Å². The number of benzene rings is 1. The van der Waals surface area contributed by atoms with Crippen LogP contribution in [0.2, 0.25) is 0 Å². The molecule has 1 fully saturated rings. The van der Waals surface area contributed by atoms with Crippen LogP contribution in [-0.2, 0) is 17.6 Å². The molecule has 5 heteroatoms. The number of hydrogen-bond donors (Lipinski definition) is 1. The Kier molecular flexibility index (Phi) is 4.66. The van der Waals surface area contributed by atoms with Crippen molar-refractivity contribution in [2.75, 3.05) is 33.2 Å². The first-order valence-corrected chi connectivity index (χ1v) is 8.43. The van der Waals surface area contributed by atoms with Crippen molar-refractivity contribution in [2.45, 2.75) is 25.7 Å². The Morgan fingerprint density at radius 3 is 2.57 bits per heavy atom. The topological polar surface area (TPSA) is 66.6 Å². The van der Waals surface area contributed by atoms with Crippen LogP contribution in [0.3, 0.4) is 0 Å². The van der Waals surface area contributed by atoms with Gasteiger partial charge < -0.3 is 15.5 Å². The molecule has 0 radical (unpaired) electrons. The third-order valence-electron chi connectivity index (χ3n) is 5.01. The number of rotatable bonds is 2. The fraction of sp³-hybridized carbons (Fsp3) is 0.556. The number of hydrogen-bond acceptors (Lipinski definition) is 3. The van der Waals surface area contributed by atoms with Gasteiger partial charge in [0.2, 0.25) is 5.91 Å². The lowest BCUT2D eigenvalue weighted by molar-refractivity contribution is -0.122. The molecule has 1 aliphatic carbocycles. The van der Waals surface area contributed by atoms with Crippen LogP contribution in [-0.4, -0.2) is 54.8 Å². The quantitative estimate of drug-likeness (QED) is 0.887. The Morgan fingerprint density at radius 2 is 1.83 bits per heavy atom. The summed E-state index contributed by atoms with van der Waals surface area (Å²) in [5.74, 6) is -0.619. The SMILES string of the molecule is CN1CCN(C(=O)c2ccc3c(c2)CCCC3)C[C@@H](C(N)=O)C1. The molecule has 2 N–H and O–H groups in total. The van der Waals surface area contributed by atoms with E-state index in [4.69, 9.17) is 5.73 Å². The van der Waals surface area contributed by atoms with Crippen LogP contribution in [0, 0.1) is 5.92 Å². The molecule has 0 unspecified atom stereocenters. The summed E-state index contributed by atoms with van der Waals surface area (Å²) in [6.07, 6.45) is 4.60. The van der Waals surface area contributed by atoms with Crippen molar-refractivity contribution in [3.05, 3.63) is 34.9 Å². The van der Waals surface area contributed by atoms with E-state index in [-0.39, 0.29) is 17.7 Å². The molecule has 1 heterocycles. The molecule has 5 nitrogen and oxygen atoms in total. The van der Waals surface area contributed by atoms with Crippen LogP contribution >= 0.6 is 0 Å². The van der Waals surface area contributed by atoms with Gasteiger partial charge in [-0.05, 0) is 56.0 Å². The highest BCUT2D eigenvalue weighted by Crippen LogP contribution is 2.23. The number of nitrogens with zero attached hydrogens (tertiary/aromatic N) is 2. The maximum atomic E-state index is 12.9. The van der Waals surface area contributed by atoms with Crippen molar-refractivity contribution in [1.82, 2.24) is 9.80 Å². The van der Waals surface area contributed by atoms with Gasteiger partial charge in [-0.3, -0.25) is 9.59 Å². The van der Waals surface area contributed by atoms with Gasteiger partial charge in [0.15, 0.2) is 0 Å². The summed E-state index contributed by atoms with van der Waals surface area (Å²) >= 11 is 0. The van der Waals surface area contributed by atoms with E-state index in [1.807, 2.05) is 19.2 Å². The number of likely N-dealkylation sites (N-methyl/N-ethyl adjacent to an activating group) is 1. The third kappa shape index (κ3) is 3.55. The maximum absolute atomic E-state index is 12.9. The molecule has 1 saturated heterocycles. The van der Waals surface area contributed by atoms with Crippen LogP contribution in [0.4, 0.5) is 0 Å². The van der Waals surface area contributed by atoms with Crippen molar-refractivity contribution in [3.8, 4) is 0 Å². The van der Waals surface area contributed by atoms with Crippen LogP contribution in [0.15, 0.2) is 18.2 Å². The van der Waals surface area contributed by atoms with Crippen LogP contribution in [0.25, 0.3) is 0 Å². The summed E-state index contributed by atoms with van der Waals surface area (Å²) in [6.45, 7) is 2.43. The van der Waals surface area contributed by atoms with E-state index in [1.54, 1.807) is 4.90 Å². The summed E-state index contributed by atoms with van der Waals surface area (Å²) in [7, 11) is 1.96. The fourth-order valence-electron chi connectivity index (χ4n) is 3.59. The maximum Gasteiger partial charge on any atom is 0.253 e. The molecule has 1 aromatic rings. The highest BCUT2D eigenvalue weighted by Gasteiger charge is 2.28. The molecule has 0 bridgehead atoms. The molecule has 1 aliphatic heterocycles. The second kappa shape index (κ2) is 6.71. The molecule has 0 aromatic heterocycles. The molecule has 1 aromatic carbocycles. The minimum Gasteiger partial charge on any atom is -0.369 e. The van der Waals surface area contributed by atoms with Gasteiger partial charge in [0, 0.05) is 31.7 Å². The standard InChI is InChI=1S/C18H25N3O2/c1-20-8-9-21(12-16(11-20)17(19)22)18(23)15-7-6-13-4-2-3-5-14(13)10-15/h6-7,10,16H,2-5,8-9,11-12H2,1H3,(H2,19,22)/t16-/m0/s1. The highest BCUT2D eigenvalue weighted by molar-refractivity contribution is 5.95. The fourth-order valence-corrected chi connectivity index (χ4v) is 3.59. The minimum atomic E-state index is -0.331. The monoisotopic (exact) mass is 315 g/mol. The third-order valence-corrected chi connectivity index (χ3v) is 5.01. The Hall–Kier alpha value is -1.88. The molecule has 2 amide bonds. The molecular weight excluding hydrogens is 290 g/mol. The second-order valence-corrected chi connectivity index (χ2v) is 6.80. The zero-order chi connectivity index (χ0) is 16.4. The lowest BCUT2D eigenvalue weighted by Crippen LogP contribution is -2.40. The average molecular weight is 315 g/mol. The van der Waals surface area contributed by atoms with Gasteiger partial charge in [0.05, 0.1) is 5.92 Å². The Labute approximate surface area is 137 Å². The van der Waals surface area contributed by atoms with E-state index in [2.05, 4.69) is 11.0 Å². The smallest absolute Gasteiger partial charge is 0.253 e. The van der Waals surface area contributed by atoms with Crippen molar-refractivity contribution >= 4 is 11.8 Å². The first-order valence-electron chi connectivity index (χ1n) is 8.43. The zero-order valence-electron chi connectivity index (χ0n) is 13.8. The molecule has 1 atom stereocenters. The molecule has 2 aliphatic rings. The predicted molar refractivity (Wildman–Crippen MR) is 89.2 cm³/mol. The van der Waals surface area contributed by atoms with Crippen molar-refractivity contribution in [2.24, 2.45) is 11.7 Å². The molecule has 3 rings (SSSR count). The van der Waals surface area contributed by atoms with Crippen LogP contribution in [0.1, 0.15) is 34.3 Å². The van der Waals surface area contributed by atoms with E-state index in [9.17, 15) is 9.59 Å². The van der Waals surface area contributed by atoms with Gasteiger partial charge in [0.25, 0.3) is 5.91 Å². The Bertz CT molecular complexity index is 614. The molecule has 23 heavy (non-hydrogen) atoms. The lowest BCUT2D eigenvalue weighted by atomic mass is 9.90. The Balaban J connectivity index is 1.79. The average Bonchev–Trinajstić information content (AvgIpc) is 2.76. The first-order chi connectivity index (χ1) is 11.0. The molecule has 0 spiro atoms. The van der Waals surface area contributed by atoms with Crippen molar-refractivity contribution in [1.29, 1.82) is 0 Å². The summed E-state index contributed by atoms with van der Waals surface area (Å²) < 4.78 is 0. The van der Waals surface area contributed by atoms with Gasteiger partial charge in [-0.25, -0.2) is 0 Å². The van der Waals surface area contributed by atoms with Gasteiger partial charge >= 0.3 is 0 Å². The van der Waals surface area contributed by atoms with E-state index >= 15 is 0 Å². The van der Waals surface area contributed by atoms with Crippen molar-refractivity contribution in [3.63, 3.8) is 0 Å². The predicted octanol–water partition coefficient (Wildman–Crippen LogP) is 1.05. The zero-order valence-corrected chi connectivity index (χ0v) is 13.8. The van der Waals surface area contributed by atoms with E-state index in [1.165, 1.54) is 24.0 Å². The number of nitrogens with two attached hydrogens (primary N) is 1. The van der Waals surface area contributed by atoms with E-state index < -0.39 is 0 Å². The number of carbonyl (C=O) groups excluding carboxylic acids is 2. The normalized spacial score (nSPS) is 22.3. The van der Waals surface area contributed by atoms with Crippen LogP contribution in [0.5, 0.6) is 0 Å². The number of fused-ring (bicyclic) bond motifs is 1. The van der Waals surface area contributed by atoms with Gasteiger partial charge in [0.1, 0.15) is 0 Å². The lowest BCUT2D eigenvalue weighted by Gasteiger charge is -2.24.